The lowest BCUT2D eigenvalue weighted by atomic mass is 9.86. The Hall–Kier alpha value is -0.860. The molecule has 1 N–H and O–H groups in total. The van der Waals surface area contributed by atoms with Gasteiger partial charge in [-0.25, -0.2) is 0 Å². The molecule has 2 nitrogen and oxygen atoms in total. The van der Waals surface area contributed by atoms with E-state index in [9.17, 15) is 0 Å². The fourth-order valence-corrected chi connectivity index (χ4v) is 3.47. The van der Waals surface area contributed by atoms with Crippen LogP contribution < -0.4 is 5.32 Å². The van der Waals surface area contributed by atoms with Crippen molar-refractivity contribution in [3.8, 4) is 0 Å². The second kappa shape index (κ2) is 5.85. The monoisotopic (exact) mass is 244 g/mol. The van der Waals surface area contributed by atoms with Gasteiger partial charge in [-0.05, 0) is 69.4 Å². The Morgan fingerprint density at radius 3 is 2.61 bits per heavy atom. The predicted molar refractivity (Wildman–Crippen MR) is 75.8 cm³/mol. The van der Waals surface area contributed by atoms with Crippen LogP contribution in [0.15, 0.2) is 24.3 Å². The SMILES string of the molecule is c1ccc2c(c1)CCCC2N1CCCNCCC1. The number of hydrogen-bond donors (Lipinski definition) is 1. The van der Waals surface area contributed by atoms with Gasteiger partial charge in [0.1, 0.15) is 0 Å². The van der Waals surface area contributed by atoms with E-state index in [1.54, 1.807) is 11.1 Å². The fourth-order valence-electron chi connectivity index (χ4n) is 3.47. The zero-order valence-corrected chi connectivity index (χ0v) is 11.2. The molecule has 1 aliphatic heterocycles. The van der Waals surface area contributed by atoms with Gasteiger partial charge in [0, 0.05) is 6.04 Å². The van der Waals surface area contributed by atoms with Crippen molar-refractivity contribution < 1.29 is 0 Å². The molecule has 1 fully saturated rings. The van der Waals surface area contributed by atoms with E-state index in [2.05, 4.69) is 34.5 Å². The van der Waals surface area contributed by atoms with Gasteiger partial charge in [0.25, 0.3) is 0 Å². The summed E-state index contributed by atoms with van der Waals surface area (Å²) in [6.07, 6.45) is 6.57. The molecule has 18 heavy (non-hydrogen) atoms. The smallest absolute Gasteiger partial charge is 0.0350 e. The van der Waals surface area contributed by atoms with Crippen molar-refractivity contribution in [3.63, 3.8) is 0 Å². The first-order valence-electron chi connectivity index (χ1n) is 7.48. The minimum atomic E-state index is 0.688. The lowest BCUT2D eigenvalue weighted by Crippen LogP contribution is -2.37. The van der Waals surface area contributed by atoms with E-state index in [4.69, 9.17) is 0 Å². The number of benzene rings is 1. The van der Waals surface area contributed by atoms with Gasteiger partial charge in [-0.3, -0.25) is 4.90 Å². The van der Waals surface area contributed by atoms with E-state index in [1.807, 2.05) is 0 Å². The molecule has 0 radical (unpaired) electrons. The molecule has 0 spiro atoms. The second-order valence-electron chi connectivity index (χ2n) is 5.60. The van der Waals surface area contributed by atoms with E-state index in [-0.39, 0.29) is 0 Å². The Balaban J connectivity index is 1.79. The van der Waals surface area contributed by atoms with E-state index < -0.39 is 0 Å². The standard InChI is InChI=1S/C16H24N2/c1-2-8-15-14(6-1)7-3-9-16(15)18-12-4-10-17-11-5-13-18/h1-2,6,8,16-17H,3-5,7,9-13H2. The summed E-state index contributed by atoms with van der Waals surface area (Å²) in [5.74, 6) is 0. The Labute approximate surface area is 110 Å². The molecule has 1 saturated heterocycles. The maximum atomic E-state index is 3.50. The molecule has 1 unspecified atom stereocenters. The third-order valence-corrected chi connectivity index (χ3v) is 4.38. The Bertz CT molecular complexity index is 380. The molecular weight excluding hydrogens is 220 g/mol. The van der Waals surface area contributed by atoms with Crippen molar-refractivity contribution in [1.29, 1.82) is 0 Å². The van der Waals surface area contributed by atoms with E-state index in [0.29, 0.717) is 6.04 Å². The van der Waals surface area contributed by atoms with Crippen molar-refractivity contribution in [2.24, 2.45) is 0 Å². The Kier molecular flexibility index (Phi) is 3.96. The number of nitrogens with one attached hydrogen (secondary N) is 1. The van der Waals surface area contributed by atoms with Crippen LogP contribution in [0.3, 0.4) is 0 Å². The minimum Gasteiger partial charge on any atom is -0.317 e. The Morgan fingerprint density at radius 1 is 1.00 bits per heavy atom. The average molecular weight is 244 g/mol. The average Bonchev–Trinajstić information content (AvgIpc) is 2.38. The molecule has 2 heteroatoms. The molecule has 2 aliphatic rings. The van der Waals surface area contributed by atoms with Crippen LogP contribution in [0, 0.1) is 0 Å². The van der Waals surface area contributed by atoms with E-state index >= 15 is 0 Å². The predicted octanol–water partition coefficient (Wildman–Crippen LogP) is 2.75. The van der Waals surface area contributed by atoms with Crippen LogP contribution in [0.4, 0.5) is 0 Å². The highest BCUT2D eigenvalue weighted by Crippen LogP contribution is 2.34. The molecule has 1 atom stereocenters. The topological polar surface area (TPSA) is 15.3 Å². The number of fused-ring (bicyclic) bond motifs is 1. The second-order valence-corrected chi connectivity index (χ2v) is 5.60. The number of aryl methyl sites for hydroxylation is 1. The molecule has 3 rings (SSSR count). The summed E-state index contributed by atoms with van der Waals surface area (Å²) in [7, 11) is 0. The number of rotatable bonds is 1. The van der Waals surface area contributed by atoms with Crippen LogP contribution in [-0.2, 0) is 6.42 Å². The molecule has 1 aromatic carbocycles. The van der Waals surface area contributed by atoms with Crippen LogP contribution >= 0.6 is 0 Å². The van der Waals surface area contributed by atoms with Crippen molar-refractivity contribution in [1.82, 2.24) is 10.2 Å². The van der Waals surface area contributed by atoms with Crippen LogP contribution in [0.25, 0.3) is 0 Å². The molecular formula is C16H24N2. The maximum absolute atomic E-state index is 3.50. The first-order chi connectivity index (χ1) is 8.95. The summed E-state index contributed by atoms with van der Waals surface area (Å²) in [5, 5.41) is 3.50. The summed E-state index contributed by atoms with van der Waals surface area (Å²) >= 11 is 0. The lowest BCUT2D eigenvalue weighted by molar-refractivity contribution is 0.166. The van der Waals surface area contributed by atoms with Crippen molar-refractivity contribution in [2.45, 2.75) is 38.1 Å². The van der Waals surface area contributed by atoms with Gasteiger partial charge in [-0.1, -0.05) is 24.3 Å². The van der Waals surface area contributed by atoms with Crippen molar-refractivity contribution in [3.05, 3.63) is 35.4 Å². The third-order valence-electron chi connectivity index (χ3n) is 4.38. The summed E-state index contributed by atoms with van der Waals surface area (Å²) in [5.41, 5.74) is 3.20. The summed E-state index contributed by atoms with van der Waals surface area (Å²) in [4.78, 5) is 2.73. The highest BCUT2D eigenvalue weighted by atomic mass is 15.2. The summed E-state index contributed by atoms with van der Waals surface area (Å²) < 4.78 is 0. The quantitative estimate of drug-likeness (QED) is 0.817. The van der Waals surface area contributed by atoms with Gasteiger partial charge >= 0.3 is 0 Å². The lowest BCUT2D eigenvalue weighted by Gasteiger charge is -2.37. The first kappa shape index (κ1) is 12.2. The van der Waals surface area contributed by atoms with Crippen molar-refractivity contribution >= 4 is 0 Å². The Morgan fingerprint density at radius 2 is 1.78 bits per heavy atom. The fraction of sp³-hybridized carbons (Fsp3) is 0.625. The van der Waals surface area contributed by atoms with Crippen LogP contribution in [0.2, 0.25) is 0 Å². The zero-order valence-electron chi connectivity index (χ0n) is 11.2. The molecule has 1 aliphatic carbocycles. The highest BCUT2D eigenvalue weighted by molar-refractivity contribution is 5.32. The third kappa shape index (κ3) is 2.60. The molecule has 0 aromatic heterocycles. The van der Waals surface area contributed by atoms with E-state index in [0.717, 1.165) is 0 Å². The van der Waals surface area contributed by atoms with Gasteiger partial charge in [0.2, 0.25) is 0 Å². The van der Waals surface area contributed by atoms with E-state index in [1.165, 1.54) is 58.3 Å². The maximum Gasteiger partial charge on any atom is 0.0350 e. The summed E-state index contributed by atoms with van der Waals surface area (Å²) in [6.45, 7) is 4.88. The number of nitrogens with zero attached hydrogens (tertiary/aromatic N) is 1. The number of hydrogen-bond acceptors (Lipinski definition) is 2. The van der Waals surface area contributed by atoms with Crippen LogP contribution in [-0.4, -0.2) is 31.1 Å². The molecule has 0 bridgehead atoms. The normalized spacial score (nSPS) is 26.1. The minimum absolute atomic E-state index is 0.688. The zero-order chi connectivity index (χ0) is 12.2. The molecule has 1 aromatic rings. The molecule has 0 saturated carbocycles. The summed E-state index contributed by atoms with van der Waals surface area (Å²) in [6, 6.07) is 9.78. The van der Waals surface area contributed by atoms with Gasteiger partial charge in [-0.15, -0.1) is 0 Å². The first-order valence-corrected chi connectivity index (χ1v) is 7.48. The van der Waals surface area contributed by atoms with Crippen LogP contribution in [0.1, 0.15) is 42.9 Å². The largest absolute Gasteiger partial charge is 0.317 e. The van der Waals surface area contributed by atoms with Gasteiger partial charge in [0.15, 0.2) is 0 Å². The highest BCUT2D eigenvalue weighted by Gasteiger charge is 2.25. The van der Waals surface area contributed by atoms with Crippen molar-refractivity contribution in [2.75, 3.05) is 26.2 Å². The van der Waals surface area contributed by atoms with Gasteiger partial charge < -0.3 is 5.32 Å². The van der Waals surface area contributed by atoms with Gasteiger partial charge in [-0.2, -0.15) is 0 Å². The van der Waals surface area contributed by atoms with Crippen LogP contribution in [0.5, 0.6) is 0 Å². The molecule has 98 valence electrons. The molecule has 0 amide bonds. The molecule has 1 heterocycles. The van der Waals surface area contributed by atoms with Gasteiger partial charge in [0.05, 0.1) is 0 Å².